The molecule has 0 N–H and O–H groups in total. The third kappa shape index (κ3) is 6.73. The van der Waals surface area contributed by atoms with Gasteiger partial charge in [0.2, 0.25) is 0 Å². The van der Waals surface area contributed by atoms with Crippen molar-refractivity contribution in [3.63, 3.8) is 0 Å². The van der Waals surface area contributed by atoms with Crippen molar-refractivity contribution in [1.29, 1.82) is 0 Å². The molecule has 2 aromatic rings. The maximum atomic E-state index is 11.7. The highest BCUT2D eigenvalue weighted by Crippen LogP contribution is 2.08. The molecule has 0 saturated carbocycles. The van der Waals surface area contributed by atoms with Crippen LogP contribution in [-0.4, -0.2) is 15.9 Å². The van der Waals surface area contributed by atoms with Gasteiger partial charge >= 0.3 is 12.0 Å². The molecule has 4 nitrogen and oxygen atoms in total. The number of benzene rings is 1. The predicted octanol–water partition coefficient (Wildman–Crippen LogP) is 4.30. The second-order valence-electron chi connectivity index (χ2n) is 5.70. The second-order valence-corrected chi connectivity index (χ2v) is 5.70. The van der Waals surface area contributed by atoms with Crippen molar-refractivity contribution in [2.24, 2.45) is 0 Å². The molecule has 0 saturated heterocycles. The quantitative estimate of drug-likeness (QED) is 0.392. The van der Waals surface area contributed by atoms with Crippen LogP contribution in [0.3, 0.4) is 0 Å². The fraction of sp³-hybridized carbons (Fsp3) is 0.350. The molecule has 0 unspecified atom stereocenters. The molecule has 0 radical (unpaired) electrons. The zero-order valence-electron chi connectivity index (χ0n) is 14.1. The Morgan fingerprint density at radius 1 is 1.04 bits per heavy atom. The Bertz CT molecular complexity index is 636. The van der Waals surface area contributed by atoms with Crippen LogP contribution in [0.25, 0.3) is 0 Å². The molecule has 0 spiro atoms. The second kappa shape index (κ2) is 10.3. The molecule has 1 aromatic carbocycles. The fourth-order valence-electron chi connectivity index (χ4n) is 2.31. The zero-order valence-corrected chi connectivity index (χ0v) is 14.1. The number of rotatable bonds is 9. The van der Waals surface area contributed by atoms with Gasteiger partial charge in [-0.05, 0) is 30.4 Å². The number of hydrogen-bond donors (Lipinski definition) is 0. The number of hydrogen-bond acceptors (Lipinski definition) is 4. The Morgan fingerprint density at radius 3 is 2.50 bits per heavy atom. The zero-order chi connectivity index (χ0) is 17.0. The van der Waals surface area contributed by atoms with Crippen LogP contribution < -0.4 is 4.74 Å². The summed E-state index contributed by atoms with van der Waals surface area (Å²) in [6.07, 6.45) is 13.1. The molecule has 0 amide bonds. The van der Waals surface area contributed by atoms with E-state index in [1.807, 2.05) is 30.3 Å². The molecule has 1 heterocycles. The van der Waals surface area contributed by atoms with Gasteiger partial charge in [0.1, 0.15) is 0 Å². The van der Waals surface area contributed by atoms with Crippen LogP contribution >= 0.6 is 0 Å². The molecule has 126 valence electrons. The van der Waals surface area contributed by atoms with Crippen molar-refractivity contribution in [1.82, 2.24) is 9.97 Å². The van der Waals surface area contributed by atoms with Crippen molar-refractivity contribution >= 4 is 5.97 Å². The summed E-state index contributed by atoms with van der Waals surface area (Å²) in [5.74, 6) is -0.457. The van der Waals surface area contributed by atoms with Crippen molar-refractivity contribution in [2.75, 3.05) is 0 Å². The lowest BCUT2D eigenvalue weighted by molar-refractivity contribution is -0.129. The van der Waals surface area contributed by atoms with Gasteiger partial charge in [-0.2, -0.15) is 0 Å². The van der Waals surface area contributed by atoms with E-state index in [1.54, 1.807) is 18.5 Å². The van der Waals surface area contributed by atoms with Crippen molar-refractivity contribution in [3.8, 4) is 6.01 Å². The first-order chi connectivity index (χ1) is 11.8. The van der Waals surface area contributed by atoms with Gasteiger partial charge in [-0.3, -0.25) is 0 Å². The maximum absolute atomic E-state index is 11.7. The lowest BCUT2D eigenvalue weighted by Gasteiger charge is -2.02. The average Bonchev–Trinajstić information content (AvgIpc) is 2.61. The van der Waals surface area contributed by atoms with E-state index in [1.165, 1.54) is 25.3 Å². The predicted molar refractivity (Wildman–Crippen MR) is 94.8 cm³/mol. The van der Waals surface area contributed by atoms with E-state index in [2.05, 4.69) is 16.9 Å². The molecule has 0 atom stereocenters. The molecule has 1 aromatic heterocycles. The number of nitrogens with zero attached hydrogens (tertiary/aromatic N) is 2. The van der Waals surface area contributed by atoms with Crippen molar-refractivity contribution in [2.45, 2.75) is 45.4 Å². The van der Waals surface area contributed by atoms with Crippen LogP contribution in [0.15, 0.2) is 54.9 Å². The van der Waals surface area contributed by atoms with E-state index < -0.39 is 5.97 Å². The topological polar surface area (TPSA) is 52.1 Å². The first kappa shape index (κ1) is 17.9. The molecule has 0 aliphatic carbocycles. The molecule has 24 heavy (non-hydrogen) atoms. The van der Waals surface area contributed by atoms with Gasteiger partial charge in [-0.25, -0.2) is 14.8 Å². The Morgan fingerprint density at radius 2 is 1.79 bits per heavy atom. The minimum Gasteiger partial charge on any atom is -0.388 e. The van der Waals surface area contributed by atoms with Gasteiger partial charge in [0.15, 0.2) is 0 Å². The summed E-state index contributed by atoms with van der Waals surface area (Å²) in [6, 6.07) is 10.0. The number of allylic oxidation sites excluding steroid dienone is 1. The highest BCUT2D eigenvalue weighted by Gasteiger charge is 2.04. The summed E-state index contributed by atoms with van der Waals surface area (Å²) in [4.78, 5) is 19.9. The lowest BCUT2D eigenvalue weighted by Crippen LogP contribution is -2.07. The smallest absolute Gasteiger partial charge is 0.338 e. The van der Waals surface area contributed by atoms with Gasteiger partial charge in [-0.1, -0.05) is 62.6 Å². The number of esters is 1. The van der Waals surface area contributed by atoms with Gasteiger partial charge in [-0.15, -0.1) is 0 Å². The average molecular weight is 324 g/mol. The Labute approximate surface area is 143 Å². The van der Waals surface area contributed by atoms with E-state index >= 15 is 0 Å². The summed E-state index contributed by atoms with van der Waals surface area (Å²) in [5.41, 5.74) is 2.22. The van der Waals surface area contributed by atoms with E-state index in [0.717, 1.165) is 24.0 Å². The number of unbranched alkanes of at least 4 members (excludes halogenated alkanes) is 3. The molecular weight excluding hydrogens is 300 g/mol. The van der Waals surface area contributed by atoms with Crippen LogP contribution in [0.5, 0.6) is 6.01 Å². The van der Waals surface area contributed by atoms with Crippen LogP contribution in [-0.2, 0) is 17.6 Å². The van der Waals surface area contributed by atoms with Gasteiger partial charge in [0, 0.05) is 18.5 Å². The van der Waals surface area contributed by atoms with Crippen molar-refractivity contribution < 1.29 is 9.53 Å². The molecule has 0 aliphatic rings. The van der Waals surface area contributed by atoms with Gasteiger partial charge in [0.05, 0.1) is 0 Å². The van der Waals surface area contributed by atoms with Gasteiger partial charge < -0.3 is 4.74 Å². The monoisotopic (exact) mass is 324 g/mol. The summed E-state index contributed by atoms with van der Waals surface area (Å²) in [6.45, 7) is 2.19. The summed E-state index contributed by atoms with van der Waals surface area (Å²) in [5, 5.41) is 0. The van der Waals surface area contributed by atoms with Crippen LogP contribution in [0, 0.1) is 0 Å². The Kier molecular flexibility index (Phi) is 7.68. The number of ether oxygens (including phenoxy) is 1. The molecule has 0 bridgehead atoms. The summed E-state index contributed by atoms with van der Waals surface area (Å²) >= 11 is 0. The van der Waals surface area contributed by atoms with E-state index in [-0.39, 0.29) is 6.01 Å². The highest BCUT2D eigenvalue weighted by molar-refractivity contribution is 5.83. The number of carbonyl (C=O) groups excluding carboxylic acids is 1. The molecule has 4 heteroatoms. The molecular formula is C20H24N2O2. The molecule has 0 aliphatic heterocycles. The minimum absolute atomic E-state index is 0.0988. The van der Waals surface area contributed by atoms with E-state index in [9.17, 15) is 4.79 Å². The molecule has 0 fully saturated rings. The van der Waals surface area contributed by atoms with Gasteiger partial charge in [0.25, 0.3) is 0 Å². The third-order valence-corrected chi connectivity index (χ3v) is 3.64. The SMILES string of the molecule is CCCCCCc1cnc(OC(=O)/C=C/Cc2ccccc2)nc1. The van der Waals surface area contributed by atoms with Crippen LogP contribution in [0.2, 0.25) is 0 Å². The summed E-state index contributed by atoms with van der Waals surface area (Å²) in [7, 11) is 0. The first-order valence-corrected chi connectivity index (χ1v) is 8.51. The first-order valence-electron chi connectivity index (χ1n) is 8.51. The summed E-state index contributed by atoms with van der Waals surface area (Å²) < 4.78 is 5.10. The lowest BCUT2D eigenvalue weighted by atomic mass is 10.1. The van der Waals surface area contributed by atoms with E-state index in [0.29, 0.717) is 6.42 Å². The van der Waals surface area contributed by atoms with Crippen LogP contribution in [0.4, 0.5) is 0 Å². The highest BCUT2D eigenvalue weighted by atomic mass is 16.5. The minimum atomic E-state index is -0.457. The fourth-order valence-corrected chi connectivity index (χ4v) is 2.31. The third-order valence-electron chi connectivity index (χ3n) is 3.64. The largest absolute Gasteiger partial charge is 0.388 e. The standard InChI is InChI=1S/C20H24N2O2/c1-2-3-4-6-12-18-15-21-20(22-16-18)24-19(23)14-9-13-17-10-7-5-8-11-17/h5,7-11,14-16H,2-4,6,12-13H2,1H3/b14-9+. The van der Waals surface area contributed by atoms with Crippen LogP contribution in [0.1, 0.15) is 43.7 Å². The number of aromatic nitrogens is 2. The van der Waals surface area contributed by atoms with E-state index in [4.69, 9.17) is 4.74 Å². The Hall–Kier alpha value is -2.49. The number of carbonyl (C=O) groups is 1. The maximum Gasteiger partial charge on any atom is 0.338 e. The Balaban J connectivity index is 1.75. The molecule has 2 rings (SSSR count). The normalized spacial score (nSPS) is 10.9. The van der Waals surface area contributed by atoms with Crippen molar-refractivity contribution in [3.05, 3.63) is 66.0 Å². The number of aryl methyl sites for hydroxylation is 1.